The lowest BCUT2D eigenvalue weighted by molar-refractivity contribution is -0.127. The molecule has 0 saturated carbocycles. The molecule has 0 aliphatic heterocycles. The first kappa shape index (κ1) is 14.0. The molecule has 1 aromatic rings. The lowest BCUT2D eigenvalue weighted by Crippen LogP contribution is -2.39. The van der Waals surface area contributed by atoms with E-state index >= 15 is 0 Å². The molecule has 0 spiro atoms. The summed E-state index contributed by atoms with van der Waals surface area (Å²) in [4.78, 5) is 11.6. The van der Waals surface area contributed by atoms with Gasteiger partial charge >= 0.3 is 0 Å². The van der Waals surface area contributed by atoms with Crippen LogP contribution in [0.15, 0.2) is 28.7 Å². The van der Waals surface area contributed by atoms with Gasteiger partial charge in [0.1, 0.15) is 5.75 Å². The zero-order chi connectivity index (χ0) is 12.8. The number of aliphatic hydroxyl groups excluding tert-OH is 1. The first-order valence-corrected chi connectivity index (χ1v) is 6.16. The van der Waals surface area contributed by atoms with E-state index < -0.39 is 12.2 Å². The van der Waals surface area contributed by atoms with Crippen molar-refractivity contribution in [2.24, 2.45) is 0 Å². The van der Waals surface area contributed by atoms with Crippen LogP contribution < -0.4 is 10.1 Å². The molecule has 2 atom stereocenters. The van der Waals surface area contributed by atoms with Gasteiger partial charge in [-0.05, 0) is 32.0 Å². The van der Waals surface area contributed by atoms with Crippen molar-refractivity contribution in [2.45, 2.75) is 26.1 Å². The summed E-state index contributed by atoms with van der Waals surface area (Å²) in [5.41, 5.74) is 0. The molecule has 1 rings (SSSR count). The molecule has 4 nitrogen and oxygen atoms in total. The molecular formula is C12H16BrNO3. The number of nitrogens with one attached hydrogen (secondary N) is 1. The third kappa shape index (κ3) is 5.19. The summed E-state index contributed by atoms with van der Waals surface area (Å²) in [5, 5.41) is 11.6. The Bertz CT molecular complexity index is 382. The first-order chi connectivity index (χ1) is 7.99. The molecule has 0 radical (unpaired) electrons. The highest BCUT2D eigenvalue weighted by molar-refractivity contribution is 9.10. The van der Waals surface area contributed by atoms with Crippen LogP contribution in [0, 0.1) is 0 Å². The molecule has 94 valence electrons. The Hall–Kier alpha value is -1.07. The predicted octanol–water partition coefficient (Wildman–Crippen LogP) is 1.71. The van der Waals surface area contributed by atoms with E-state index in [9.17, 15) is 4.79 Å². The quantitative estimate of drug-likeness (QED) is 0.870. The first-order valence-electron chi connectivity index (χ1n) is 5.37. The molecule has 17 heavy (non-hydrogen) atoms. The van der Waals surface area contributed by atoms with Crippen molar-refractivity contribution in [3.8, 4) is 5.75 Å². The summed E-state index contributed by atoms with van der Waals surface area (Å²) in [7, 11) is 0. The fourth-order valence-corrected chi connectivity index (χ4v) is 1.57. The van der Waals surface area contributed by atoms with Crippen LogP contribution in [0.2, 0.25) is 0 Å². The minimum atomic E-state index is -0.594. The Morgan fingerprint density at radius 2 is 2.24 bits per heavy atom. The third-order valence-electron chi connectivity index (χ3n) is 2.05. The topological polar surface area (TPSA) is 58.6 Å². The molecule has 2 unspecified atom stereocenters. The van der Waals surface area contributed by atoms with E-state index in [2.05, 4.69) is 21.2 Å². The van der Waals surface area contributed by atoms with E-state index in [0.29, 0.717) is 5.75 Å². The van der Waals surface area contributed by atoms with E-state index in [0.717, 1.165) is 4.47 Å². The van der Waals surface area contributed by atoms with Gasteiger partial charge in [-0.3, -0.25) is 4.79 Å². The van der Waals surface area contributed by atoms with Gasteiger partial charge in [-0.2, -0.15) is 0 Å². The lowest BCUT2D eigenvalue weighted by atomic mass is 10.3. The average molecular weight is 302 g/mol. The summed E-state index contributed by atoms with van der Waals surface area (Å²) in [6.45, 7) is 3.50. The molecule has 0 heterocycles. The second kappa shape index (κ2) is 6.61. The minimum absolute atomic E-state index is 0.227. The van der Waals surface area contributed by atoms with Crippen LogP contribution in [-0.4, -0.2) is 29.8 Å². The molecule has 0 saturated heterocycles. The number of halogens is 1. The van der Waals surface area contributed by atoms with Gasteiger partial charge in [0.15, 0.2) is 6.10 Å². The fraction of sp³-hybridized carbons (Fsp3) is 0.417. The monoisotopic (exact) mass is 301 g/mol. The van der Waals surface area contributed by atoms with E-state index in [1.807, 2.05) is 12.1 Å². The van der Waals surface area contributed by atoms with Gasteiger partial charge < -0.3 is 15.2 Å². The van der Waals surface area contributed by atoms with Crippen LogP contribution in [0.25, 0.3) is 0 Å². The van der Waals surface area contributed by atoms with Crippen LogP contribution in [0.1, 0.15) is 13.8 Å². The Labute approximate surface area is 109 Å². The Balaban J connectivity index is 2.48. The maximum absolute atomic E-state index is 11.6. The van der Waals surface area contributed by atoms with Crippen molar-refractivity contribution < 1.29 is 14.6 Å². The van der Waals surface area contributed by atoms with Gasteiger partial charge in [0.25, 0.3) is 5.91 Å². The zero-order valence-electron chi connectivity index (χ0n) is 9.81. The van der Waals surface area contributed by atoms with Crippen LogP contribution in [0.4, 0.5) is 0 Å². The van der Waals surface area contributed by atoms with Gasteiger partial charge in [0, 0.05) is 11.0 Å². The summed E-state index contributed by atoms with van der Waals surface area (Å²) in [6.07, 6.45) is -1.15. The summed E-state index contributed by atoms with van der Waals surface area (Å²) in [5.74, 6) is 0.380. The number of ether oxygens (including phenoxy) is 1. The Kier molecular flexibility index (Phi) is 5.44. The van der Waals surface area contributed by atoms with Gasteiger partial charge in [0.2, 0.25) is 0 Å². The van der Waals surface area contributed by atoms with Gasteiger partial charge in [-0.1, -0.05) is 22.0 Å². The number of hydrogen-bond acceptors (Lipinski definition) is 3. The standard InChI is InChI=1S/C12H16BrNO3/c1-8(15)7-14-12(16)9(2)17-11-5-3-4-10(13)6-11/h3-6,8-9,15H,7H2,1-2H3,(H,14,16). The molecular weight excluding hydrogens is 286 g/mol. The molecule has 1 aromatic carbocycles. The number of amides is 1. The number of carbonyl (C=O) groups excluding carboxylic acids is 1. The van der Waals surface area contributed by atoms with Crippen LogP contribution in [-0.2, 0) is 4.79 Å². The molecule has 1 amide bonds. The summed E-state index contributed by atoms with van der Waals surface area (Å²) >= 11 is 3.33. The van der Waals surface area contributed by atoms with E-state index in [1.165, 1.54) is 0 Å². The molecule has 0 aromatic heterocycles. The maximum Gasteiger partial charge on any atom is 0.260 e. The number of benzene rings is 1. The largest absolute Gasteiger partial charge is 0.481 e. The van der Waals surface area contributed by atoms with Crippen LogP contribution in [0.5, 0.6) is 5.75 Å². The smallest absolute Gasteiger partial charge is 0.260 e. The number of hydrogen-bond donors (Lipinski definition) is 2. The number of carbonyl (C=O) groups is 1. The molecule has 2 N–H and O–H groups in total. The highest BCUT2D eigenvalue weighted by Crippen LogP contribution is 2.18. The van der Waals surface area contributed by atoms with Crippen molar-refractivity contribution in [1.82, 2.24) is 5.32 Å². The molecule has 0 aliphatic carbocycles. The van der Waals surface area contributed by atoms with E-state index in [1.54, 1.807) is 26.0 Å². The summed E-state index contributed by atoms with van der Waals surface area (Å²) < 4.78 is 6.36. The van der Waals surface area contributed by atoms with Crippen molar-refractivity contribution in [2.75, 3.05) is 6.54 Å². The Morgan fingerprint density at radius 3 is 2.82 bits per heavy atom. The second-order valence-electron chi connectivity index (χ2n) is 3.81. The number of aliphatic hydroxyl groups is 1. The predicted molar refractivity (Wildman–Crippen MR) is 68.9 cm³/mol. The van der Waals surface area contributed by atoms with Gasteiger partial charge in [0.05, 0.1) is 6.10 Å². The highest BCUT2D eigenvalue weighted by atomic mass is 79.9. The Morgan fingerprint density at radius 1 is 1.53 bits per heavy atom. The normalized spacial score (nSPS) is 13.9. The lowest BCUT2D eigenvalue weighted by Gasteiger charge is -2.15. The van der Waals surface area contributed by atoms with Crippen molar-refractivity contribution in [3.63, 3.8) is 0 Å². The molecule has 0 aliphatic rings. The minimum Gasteiger partial charge on any atom is -0.481 e. The van der Waals surface area contributed by atoms with Crippen molar-refractivity contribution >= 4 is 21.8 Å². The van der Waals surface area contributed by atoms with E-state index in [-0.39, 0.29) is 12.5 Å². The highest BCUT2D eigenvalue weighted by Gasteiger charge is 2.14. The van der Waals surface area contributed by atoms with Crippen LogP contribution >= 0.6 is 15.9 Å². The van der Waals surface area contributed by atoms with Crippen molar-refractivity contribution in [1.29, 1.82) is 0 Å². The van der Waals surface area contributed by atoms with Gasteiger partial charge in [-0.25, -0.2) is 0 Å². The molecule has 0 bridgehead atoms. The number of rotatable bonds is 5. The molecule has 0 fully saturated rings. The maximum atomic E-state index is 11.6. The average Bonchev–Trinajstić information content (AvgIpc) is 2.25. The van der Waals surface area contributed by atoms with Crippen LogP contribution in [0.3, 0.4) is 0 Å². The van der Waals surface area contributed by atoms with Crippen molar-refractivity contribution in [3.05, 3.63) is 28.7 Å². The van der Waals surface area contributed by atoms with E-state index in [4.69, 9.17) is 9.84 Å². The third-order valence-corrected chi connectivity index (χ3v) is 2.54. The molecule has 5 heteroatoms. The fourth-order valence-electron chi connectivity index (χ4n) is 1.19. The van der Waals surface area contributed by atoms with Gasteiger partial charge in [-0.15, -0.1) is 0 Å². The SMILES string of the molecule is CC(O)CNC(=O)C(C)Oc1cccc(Br)c1. The second-order valence-corrected chi connectivity index (χ2v) is 4.73. The summed E-state index contributed by atoms with van der Waals surface area (Å²) in [6, 6.07) is 7.28. The zero-order valence-corrected chi connectivity index (χ0v) is 11.4.